The molecular formula is C24H24ClFN4O3S. The Morgan fingerprint density at radius 2 is 1.88 bits per heavy atom. The monoisotopic (exact) mass is 502 g/mol. The molecule has 0 unspecified atom stereocenters. The van der Waals surface area contributed by atoms with Crippen LogP contribution in [0.1, 0.15) is 22.8 Å². The summed E-state index contributed by atoms with van der Waals surface area (Å²) in [4.78, 5) is 27.9. The molecule has 10 heteroatoms. The highest BCUT2D eigenvalue weighted by molar-refractivity contribution is 7.80. The minimum absolute atomic E-state index is 0.0591. The zero-order valence-electron chi connectivity index (χ0n) is 18.8. The second kappa shape index (κ2) is 9.60. The number of aromatic carboxylic acids is 1. The van der Waals surface area contributed by atoms with E-state index in [1.807, 2.05) is 41.8 Å². The van der Waals surface area contributed by atoms with Crippen LogP contribution in [0.2, 0.25) is 5.02 Å². The first-order valence-electron chi connectivity index (χ1n) is 10.9. The van der Waals surface area contributed by atoms with Crippen LogP contribution in [0.25, 0.3) is 10.9 Å². The van der Waals surface area contributed by atoms with E-state index in [2.05, 4.69) is 5.32 Å². The number of thiocarbonyl (C=S) groups is 1. The Bertz CT molecular complexity index is 1330. The number of carbonyl (C=O) groups is 1. The molecule has 1 aliphatic rings. The molecule has 2 N–H and O–H groups in total. The van der Waals surface area contributed by atoms with Gasteiger partial charge in [-0.15, -0.1) is 0 Å². The van der Waals surface area contributed by atoms with Crippen molar-refractivity contribution in [2.45, 2.75) is 20.4 Å². The molecule has 1 aliphatic heterocycles. The minimum atomic E-state index is -1.33. The third-order valence-corrected chi connectivity index (χ3v) is 6.50. The summed E-state index contributed by atoms with van der Waals surface area (Å²) in [6.07, 6.45) is 1.31. The van der Waals surface area contributed by atoms with E-state index < -0.39 is 17.2 Å². The van der Waals surface area contributed by atoms with Gasteiger partial charge < -0.3 is 24.8 Å². The molecule has 1 saturated heterocycles. The maximum absolute atomic E-state index is 15.1. The number of pyridine rings is 1. The lowest BCUT2D eigenvalue weighted by molar-refractivity contribution is 0.0695. The van der Waals surface area contributed by atoms with Gasteiger partial charge >= 0.3 is 5.97 Å². The molecule has 7 nitrogen and oxygen atoms in total. The normalized spacial score (nSPS) is 13.9. The van der Waals surface area contributed by atoms with E-state index in [0.29, 0.717) is 54.1 Å². The van der Waals surface area contributed by atoms with E-state index in [9.17, 15) is 14.7 Å². The Labute approximate surface area is 206 Å². The van der Waals surface area contributed by atoms with E-state index in [1.54, 1.807) is 10.6 Å². The molecule has 34 heavy (non-hydrogen) atoms. The van der Waals surface area contributed by atoms with E-state index in [-0.39, 0.29) is 10.9 Å². The molecule has 0 bridgehead atoms. The first kappa shape index (κ1) is 24.0. The average molecular weight is 503 g/mol. The van der Waals surface area contributed by atoms with Crippen molar-refractivity contribution in [2.75, 3.05) is 36.4 Å². The lowest BCUT2D eigenvalue weighted by Crippen LogP contribution is -2.50. The largest absolute Gasteiger partial charge is 0.477 e. The van der Waals surface area contributed by atoms with Crippen molar-refractivity contribution in [2.24, 2.45) is 0 Å². The summed E-state index contributed by atoms with van der Waals surface area (Å²) in [6, 6.07) is 8.41. The quantitative estimate of drug-likeness (QED) is 0.514. The zero-order chi connectivity index (χ0) is 24.6. The summed E-state index contributed by atoms with van der Waals surface area (Å²) in [5, 5.41) is 13.8. The van der Waals surface area contributed by atoms with Crippen molar-refractivity contribution in [3.63, 3.8) is 0 Å². The zero-order valence-corrected chi connectivity index (χ0v) is 20.3. The summed E-state index contributed by atoms with van der Waals surface area (Å²) in [5.41, 5.74) is 1.67. The van der Waals surface area contributed by atoms with Gasteiger partial charge in [0.15, 0.2) is 5.11 Å². The predicted molar refractivity (Wildman–Crippen MR) is 137 cm³/mol. The smallest absolute Gasteiger partial charge is 0.341 e. The second-order valence-electron chi connectivity index (χ2n) is 8.21. The van der Waals surface area contributed by atoms with Crippen molar-refractivity contribution >= 4 is 57.2 Å². The van der Waals surface area contributed by atoms with Gasteiger partial charge in [-0.3, -0.25) is 4.79 Å². The van der Waals surface area contributed by atoms with Crippen LogP contribution in [0.4, 0.5) is 15.8 Å². The number of rotatable bonds is 4. The molecule has 0 spiro atoms. The Morgan fingerprint density at radius 3 is 2.50 bits per heavy atom. The van der Waals surface area contributed by atoms with Gasteiger partial charge in [-0.05, 0) is 62.0 Å². The topological polar surface area (TPSA) is 77.8 Å². The van der Waals surface area contributed by atoms with Crippen molar-refractivity contribution in [3.8, 4) is 0 Å². The lowest BCUT2D eigenvalue weighted by Gasteiger charge is -2.37. The number of anilines is 2. The van der Waals surface area contributed by atoms with E-state index in [4.69, 9.17) is 23.8 Å². The molecule has 1 aromatic heterocycles. The maximum atomic E-state index is 15.1. The molecule has 1 fully saturated rings. The molecule has 178 valence electrons. The number of hydrogen-bond donors (Lipinski definition) is 2. The number of nitrogens with zero attached hydrogens (tertiary/aromatic N) is 3. The summed E-state index contributed by atoms with van der Waals surface area (Å²) >= 11 is 11.7. The number of aryl methyl sites for hydroxylation is 2. The van der Waals surface area contributed by atoms with Gasteiger partial charge in [-0.1, -0.05) is 11.6 Å². The molecule has 0 saturated carbocycles. The van der Waals surface area contributed by atoms with Crippen molar-refractivity contribution in [1.29, 1.82) is 0 Å². The van der Waals surface area contributed by atoms with Gasteiger partial charge in [0.1, 0.15) is 11.4 Å². The van der Waals surface area contributed by atoms with Crippen LogP contribution in [0.3, 0.4) is 0 Å². The van der Waals surface area contributed by atoms with Crippen LogP contribution in [-0.4, -0.2) is 51.8 Å². The Morgan fingerprint density at radius 1 is 1.18 bits per heavy atom. The van der Waals surface area contributed by atoms with E-state index >= 15 is 4.39 Å². The third-order valence-electron chi connectivity index (χ3n) is 5.92. The highest BCUT2D eigenvalue weighted by atomic mass is 35.5. The second-order valence-corrected chi connectivity index (χ2v) is 9.03. The van der Waals surface area contributed by atoms with Gasteiger partial charge in [0.2, 0.25) is 5.43 Å². The molecule has 3 aromatic rings. The van der Waals surface area contributed by atoms with Crippen LogP contribution in [-0.2, 0) is 6.54 Å². The lowest BCUT2D eigenvalue weighted by atomic mass is 10.1. The van der Waals surface area contributed by atoms with Crippen LogP contribution in [0.15, 0.2) is 41.3 Å². The molecule has 0 aliphatic carbocycles. The number of hydrogen-bond acceptors (Lipinski definition) is 4. The first-order valence-corrected chi connectivity index (χ1v) is 11.6. The molecule has 4 rings (SSSR count). The molecule has 0 amide bonds. The Hall–Kier alpha value is -3.17. The van der Waals surface area contributed by atoms with Crippen molar-refractivity contribution < 1.29 is 14.3 Å². The van der Waals surface area contributed by atoms with Crippen LogP contribution in [0.5, 0.6) is 0 Å². The number of aromatic nitrogens is 1. The van der Waals surface area contributed by atoms with Crippen molar-refractivity contribution in [3.05, 3.63) is 68.7 Å². The Kier molecular flexibility index (Phi) is 6.77. The summed E-state index contributed by atoms with van der Waals surface area (Å²) in [5.74, 6) is -1.88. The van der Waals surface area contributed by atoms with Gasteiger partial charge in [0.25, 0.3) is 0 Å². The number of carboxylic acids is 1. The molecule has 2 heterocycles. The maximum Gasteiger partial charge on any atom is 0.341 e. The Balaban J connectivity index is 1.54. The number of benzene rings is 2. The fourth-order valence-electron chi connectivity index (χ4n) is 4.22. The first-order chi connectivity index (χ1) is 16.2. The van der Waals surface area contributed by atoms with Gasteiger partial charge in [0.05, 0.1) is 11.2 Å². The summed E-state index contributed by atoms with van der Waals surface area (Å²) < 4.78 is 16.7. The van der Waals surface area contributed by atoms with E-state index in [1.165, 1.54) is 6.20 Å². The number of carboxylic acid groups (broad SMARTS) is 1. The molecule has 0 radical (unpaired) electrons. The van der Waals surface area contributed by atoms with Gasteiger partial charge in [-0.25, -0.2) is 9.18 Å². The van der Waals surface area contributed by atoms with Crippen LogP contribution in [0, 0.1) is 12.7 Å². The highest BCUT2D eigenvalue weighted by Crippen LogP contribution is 2.27. The number of piperazine rings is 1. The minimum Gasteiger partial charge on any atom is -0.477 e. The van der Waals surface area contributed by atoms with Gasteiger partial charge in [0, 0.05) is 55.0 Å². The third kappa shape index (κ3) is 4.71. The number of nitrogens with one attached hydrogen (secondary N) is 1. The summed E-state index contributed by atoms with van der Waals surface area (Å²) in [7, 11) is 0. The van der Waals surface area contributed by atoms with Crippen molar-refractivity contribution in [1.82, 2.24) is 9.47 Å². The average Bonchev–Trinajstić information content (AvgIpc) is 2.78. The predicted octanol–water partition coefficient (Wildman–Crippen LogP) is 4.34. The molecule has 2 aromatic carbocycles. The molecular weight excluding hydrogens is 479 g/mol. The highest BCUT2D eigenvalue weighted by Gasteiger charge is 2.23. The van der Waals surface area contributed by atoms with Gasteiger partial charge in [-0.2, -0.15) is 0 Å². The fourth-order valence-corrected chi connectivity index (χ4v) is 4.81. The standard InChI is InChI=1S/C24H24ClFN4O3S/c1-3-28-13-18(23(32)33)22(31)17-11-19(26)21(12-20(17)28)29-4-6-30(7-5-29)24(34)27-16-9-14(2)8-15(25)10-16/h8-13H,3-7H2,1-2H3,(H,27,34)(H,32,33). The fraction of sp³-hybridized carbons (Fsp3) is 0.292. The van der Waals surface area contributed by atoms with Crippen LogP contribution >= 0.6 is 23.8 Å². The number of fused-ring (bicyclic) bond motifs is 1. The van der Waals surface area contributed by atoms with E-state index in [0.717, 1.165) is 17.3 Å². The molecule has 0 atom stereocenters. The number of halogens is 2. The van der Waals surface area contributed by atoms with Crippen LogP contribution < -0.4 is 15.6 Å². The SMILES string of the molecule is CCn1cc(C(=O)O)c(=O)c2cc(F)c(N3CCN(C(=S)Nc4cc(C)cc(Cl)c4)CC3)cc21. The summed E-state index contributed by atoms with van der Waals surface area (Å²) in [6.45, 7) is 6.47.